The highest BCUT2D eigenvalue weighted by atomic mass is 15.4. The van der Waals surface area contributed by atoms with Crippen molar-refractivity contribution >= 4 is 28.8 Å². The number of hydrogen-bond acceptors (Lipinski definition) is 5. The number of benzene rings is 2. The predicted molar refractivity (Wildman–Crippen MR) is 156 cm³/mol. The summed E-state index contributed by atoms with van der Waals surface area (Å²) in [5.74, 6) is 2.49. The average Bonchev–Trinajstić information content (AvgIpc) is 3.40. The van der Waals surface area contributed by atoms with Crippen LogP contribution in [0.5, 0.6) is 0 Å². The van der Waals surface area contributed by atoms with E-state index < -0.39 is 0 Å². The van der Waals surface area contributed by atoms with Gasteiger partial charge in [-0.2, -0.15) is 0 Å². The minimum absolute atomic E-state index is 0.667. The van der Waals surface area contributed by atoms with E-state index >= 15 is 0 Å². The van der Waals surface area contributed by atoms with Gasteiger partial charge >= 0.3 is 0 Å². The van der Waals surface area contributed by atoms with Crippen molar-refractivity contribution in [3.8, 4) is 0 Å². The van der Waals surface area contributed by atoms with Gasteiger partial charge in [0, 0.05) is 39.1 Å². The van der Waals surface area contributed by atoms with Crippen LogP contribution in [0.1, 0.15) is 37.5 Å². The summed E-state index contributed by atoms with van der Waals surface area (Å²) in [5, 5.41) is 3.49. The number of aliphatic imine (C=N–C) groups is 2. The van der Waals surface area contributed by atoms with E-state index in [0.29, 0.717) is 5.82 Å². The maximum absolute atomic E-state index is 4.93. The number of hydrogen-bond donors (Lipinski definition) is 1. The summed E-state index contributed by atoms with van der Waals surface area (Å²) in [6, 6.07) is 12.9. The number of aryl methyl sites for hydroxylation is 2. The van der Waals surface area contributed by atoms with Crippen molar-refractivity contribution in [2.45, 2.75) is 34.1 Å². The zero-order chi connectivity index (χ0) is 26.7. The number of imidazole rings is 1. The lowest BCUT2D eigenvalue weighted by atomic mass is 9.99. The molecule has 2 heterocycles. The monoisotopic (exact) mass is 495 g/mol. The van der Waals surface area contributed by atoms with E-state index in [4.69, 9.17) is 4.99 Å². The van der Waals surface area contributed by atoms with E-state index in [1.54, 1.807) is 6.21 Å². The first-order valence-electron chi connectivity index (χ1n) is 12.6. The quantitative estimate of drug-likeness (QED) is 0.253. The second-order valence-electron chi connectivity index (χ2n) is 9.63. The Morgan fingerprint density at radius 1 is 1.14 bits per heavy atom. The van der Waals surface area contributed by atoms with Crippen LogP contribution in [-0.4, -0.2) is 51.5 Å². The molecule has 7 heteroatoms. The van der Waals surface area contributed by atoms with E-state index in [1.165, 1.54) is 16.7 Å². The van der Waals surface area contributed by atoms with Gasteiger partial charge in [-0.25, -0.2) is 15.0 Å². The molecule has 0 bridgehead atoms. The van der Waals surface area contributed by atoms with Crippen molar-refractivity contribution in [1.82, 2.24) is 19.4 Å². The lowest BCUT2D eigenvalue weighted by Gasteiger charge is -2.21. The Hall–Kier alpha value is -4.13. The molecule has 4 rings (SSSR count). The van der Waals surface area contributed by atoms with Gasteiger partial charge in [0.05, 0.1) is 17.4 Å². The summed E-state index contributed by atoms with van der Waals surface area (Å²) in [6.45, 7) is 18.2. The largest absolute Gasteiger partial charge is 0.360 e. The Bertz CT molecular complexity index is 1440. The van der Waals surface area contributed by atoms with Crippen molar-refractivity contribution in [2.24, 2.45) is 17.0 Å². The van der Waals surface area contributed by atoms with E-state index in [-0.39, 0.29) is 0 Å². The van der Waals surface area contributed by atoms with Crippen LogP contribution in [0.3, 0.4) is 0 Å². The molecule has 7 nitrogen and oxygen atoms in total. The van der Waals surface area contributed by atoms with Gasteiger partial charge in [-0.15, -0.1) is 0 Å². The third-order valence-corrected chi connectivity index (χ3v) is 6.75. The van der Waals surface area contributed by atoms with E-state index in [1.807, 2.05) is 45.8 Å². The molecule has 2 aromatic carbocycles. The smallest absolute Gasteiger partial charge is 0.156 e. The van der Waals surface area contributed by atoms with Crippen molar-refractivity contribution in [1.29, 1.82) is 0 Å². The Labute approximate surface area is 220 Å². The molecule has 0 aliphatic carbocycles. The summed E-state index contributed by atoms with van der Waals surface area (Å²) in [6.07, 6.45) is 4.48. The molecule has 0 atom stereocenters. The Balaban J connectivity index is 1.59. The van der Waals surface area contributed by atoms with Crippen LogP contribution < -0.4 is 5.32 Å². The topological polar surface area (TPSA) is 61.0 Å². The number of allylic oxidation sites excluding steroid dienone is 1. The van der Waals surface area contributed by atoms with Gasteiger partial charge in [0.25, 0.3) is 0 Å². The van der Waals surface area contributed by atoms with Crippen molar-refractivity contribution in [2.75, 3.05) is 25.5 Å². The fourth-order valence-electron chi connectivity index (χ4n) is 4.54. The number of rotatable bonds is 7. The highest BCUT2D eigenvalue weighted by Crippen LogP contribution is 2.25. The van der Waals surface area contributed by atoms with Gasteiger partial charge < -0.3 is 19.7 Å². The number of nitrogens with one attached hydrogen (secondary N) is 1. The molecule has 0 radical (unpaired) electrons. The van der Waals surface area contributed by atoms with Crippen molar-refractivity contribution < 1.29 is 0 Å². The van der Waals surface area contributed by atoms with E-state index in [2.05, 4.69) is 81.6 Å². The third-order valence-electron chi connectivity index (χ3n) is 6.75. The van der Waals surface area contributed by atoms with Crippen molar-refractivity contribution in [3.63, 3.8) is 0 Å². The Morgan fingerprint density at radius 2 is 1.92 bits per heavy atom. The summed E-state index contributed by atoms with van der Waals surface area (Å²) in [5.41, 5.74) is 8.41. The molecule has 0 unspecified atom stereocenters. The second kappa shape index (κ2) is 10.9. The summed E-state index contributed by atoms with van der Waals surface area (Å²) >= 11 is 0. The molecule has 1 saturated heterocycles. The highest BCUT2D eigenvalue weighted by molar-refractivity contribution is 5.83. The standard InChI is InChI=1S/C30H37N7/c1-9-31-30(29(20(2)3)33-22(5)37-15-14-35(7)23(37)6)34-26-12-11-25(21(4)16-26)17-24-10-13-28-27(18-24)32-19-36(28)8/h9-13,16,18-19,34H,2,6,14-15,17H2,1,3-5,7-8H3/b30-29-,31-9-,33-22?. The zero-order valence-electron chi connectivity index (χ0n) is 22.8. The first kappa shape index (κ1) is 25.9. The second-order valence-corrected chi connectivity index (χ2v) is 9.63. The summed E-state index contributed by atoms with van der Waals surface area (Å²) < 4.78 is 2.04. The number of anilines is 1. The number of amidine groups is 1. The fraction of sp³-hybridized carbons (Fsp3) is 0.300. The van der Waals surface area contributed by atoms with Crippen LogP contribution in [0.4, 0.5) is 5.69 Å². The Morgan fingerprint density at radius 3 is 2.57 bits per heavy atom. The third kappa shape index (κ3) is 5.66. The van der Waals surface area contributed by atoms with Crippen LogP contribution in [0, 0.1) is 6.92 Å². The van der Waals surface area contributed by atoms with Gasteiger partial charge in [-0.3, -0.25) is 0 Å². The van der Waals surface area contributed by atoms with Gasteiger partial charge in [-0.1, -0.05) is 25.3 Å². The highest BCUT2D eigenvalue weighted by Gasteiger charge is 2.22. The predicted octanol–water partition coefficient (Wildman–Crippen LogP) is 5.86. The van der Waals surface area contributed by atoms with E-state index in [9.17, 15) is 0 Å². The van der Waals surface area contributed by atoms with Gasteiger partial charge in [-0.05, 0) is 80.6 Å². The van der Waals surface area contributed by atoms with E-state index in [0.717, 1.165) is 59.2 Å². The van der Waals surface area contributed by atoms with Crippen LogP contribution in [0.25, 0.3) is 11.0 Å². The maximum atomic E-state index is 4.93. The SMILES string of the molecule is C=C(C)/C(N=C(C)N1CCN(C)C1=C)=C(\N=C/C)Nc1ccc(Cc2ccc3c(c2)ncn3C)c(C)c1. The average molecular weight is 496 g/mol. The number of likely N-dealkylation sites (N-methyl/N-ethyl adjacent to an activating group) is 1. The summed E-state index contributed by atoms with van der Waals surface area (Å²) in [7, 11) is 4.06. The number of aromatic nitrogens is 2. The first-order valence-corrected chi connectivity index (χ1v) is 12.6. The Kier molecular flexibility index (Phi) is 7.62. The first-order chi connectivity index (χ1) is 17.7. The molecule has 1 aromatic heterocycles. The molecular weight excluding hydrogens is 458 g/mol. The zero-order valence-corrected chi connectivity index (χ0v) is 22.8. The fourth-order valence-corrected chi connectivity index (χ4v) is 4.54. The molecule has 192 valence electrons. The van der Waals surface area contributed by atoms with Crippen LogP contribution in [0.2, 0.25) is 0 Å². The molecule has 1 aliphatic rings. The molecule has 0 amide bonds. The molecule has 1 aliphatic heterocycles. The number of nitrogens with zero attached hydrogens (tertiary/aromatic N) is 6. The summed E-state index contributed by atoms with van der Waals surface area (Å²) in [4.78, 5) is 18.3. The molecular formula is C30H37N7. The lowest BCUT2D eigenvalue weighted by molar-refractivity contribution is 0.463. The molecule has 37 heavy (non-hydrogen) atoms. The van der Waals surface area contributed by atoms with Gasteiger partial charge in [0.1, 0.15) is 17.4 Å². The minimum atomic E-state index is 0.667. The normalized spacial score (nSPS) is 15.2. The maximum Gasteiger partial charge on any atom is 0.156 e. The van der Waals surface area contributed by atoms with Crippen LogP contribution in [0.15, 0.2) is 88.8 Å². The number of fused-ring (bicyclic) bond motifs is 1. The van der Waals surface area contributed by atoms with Gasteiger partial charge in [0.2, 0.25) is 0 Å². The molecule has 0 saturated carbocycles. The molecule has 0 spiro atoms. The minimum Gasteiger partial charge on any atom is -0.360 e. The molecule has 1 fully saturated rings. The molecule has 1 N–H and O–H groups in total. The van der Waals surface area contributed by atoms with Crippen LogP contribution >= 0.6 is 0 Å². The van der Waals surface area contributed by atoms with Gasteiger partial charge in [0.15, 0.2) is 5.82 Å². The lowest BCUT2D eigenvalue weighted by Crippen LogP contribution is -2.25. The van der Waals surface area contributed by atoms with Crippen molar-refractivity contribution in [3.05, 3.63) is 95.5 Å². The van der Waals surface area contributed by atoms with Crippen LogP contribution in [-0.2, 0) is 13.5 Å². The molecule has 3 aromatic rings.